The zero-order chi connectivity index (χ0) is 12.5. The highest BCUT2D eigenvalue weighted by Gasteiger charge is 2.20. The molecule has 4 heteroatoms. The summed E-state index contributed by atoms with van der Waals surface area (Å²) in [4.78, 5) is 23.3. The van der Waals surface area contributed by atoms with Crippen LogP contribution in [0.4, 0.5) is 5.69 Å². The molecule has 1 aliphatic carbocycles. The molecule has 0 aromatic heterocycles. The lowest BCUT2D eigenvalue weighted by Gasteiger charge is -2.12. The topological polar surface area (TPSA) is 58.2 Å². The van der Waals surface area contributed by atoms with Crippen LogP contribution in [0.3, 0.4) is 0 Å². The van der Waals surface area contributed by atoms with E-state index in [-0.39, 0.29) is 17.9 Å². The molecule has 0 fully saturated rings. The highest BCUT2D eigenvalue weighted by Crippen LogP contribution is 2.24. The van der Waals surface area contributed by atoms with Gasteiger partial charge in [0.15, 0.2) is 0 Å². The van der Waals surface area contributed by atoms with Gasteiger partial charge in [-0.1, -0.05) is 18.2 Å². The van der Waals surface area contributed by atoms with Gasteiger partial charge in [-0.05, 0) is 30.5 Å². The van der Waals surface area contributed by atoms with Crippen molar-refractivity contribution in [2.24, 2.45) is 0 Å². The van der Waals surface area contributed by atoms with Crippen molar-refractivity contribution in [2.45, 2.75) is 25.3 Å². The normalized spacial score (nSPS) is 17.7. The van der Waals surface area contributed by atoms with E-state index in [1.54, 1.807) is 12.1 Å². The van der Waals surface area contributed by atoms with Gasteiger partial charge in [-0.2, -0.15) is 0 Å². The number of fused-ring (bicyclic) bond motifs is 1. The Hall–Kier alpha value is -2.10. The van der Waals surface area contributed by atoms with Gasteiger partial charge in [-0.25, -0.2) is 0 Å². The first-order chi connectivity index (χ1) is 8.72. The molecule has 2 N–H and O–H groups in total. The van der Waals surface area contributed by atoms with Crippen LogP contribution in [0.5, 0.6) is 0 Å². The second kappa shape index (κ2) is 4.29. The van der Waals surface area contributed by atoms with Crippen molar-refractivity contribution in [1.82, 2.24) is 5.32 Å². The lowest BCUT2D eigenvalue weighted by molar-refractivity contribution is -0.115. The molecule has 0 atom stereocenters. The Kier molecular flexibility index (Phi) is 2.63. The molecule has 1 aromatic rings. The molecule has 0 saturated heterocycles. The minimum Gasteiger partial charge on any atom is -0.349 e. The Balaban J connectivity index is 1.74. The third-order valence-corrected chi connectivity index (χ3v) is 3.34. The Bertz CT molecular complexity index is 541. The maximum Gasteiger partial charge on any atom is 0.251 e. The van der Waals surface area contributed by atoms with Crippen LogP contribution < -0.4 is 10.6 Å². The zero-order valence-corrected chi connectivity index (χ0v) is 9.90. The van der Waals surface area contributed by atoms with Crippen molar-refractivity contribution in [1.29, 1.82) is 0 Å². The predicted molar refractivity (Wildman–Crippen MR) is 68.4 cm³/mol. The van der Waals surface area contributed by atoms with Crippen molar-refractivity contribution in [3.8, 4) is 0 Å². The molecule has 4 nitrogen and oxygen atoms in total. The molecule has 0 saturated carbocycles. The summed E-state index contributed by atoms with van der Waals surface area (Å²) in [5.41, 5.74) is 2.32. The Labute approximate surface area is 105 Å². The second-order valence-electron chi connectivity index (χ2n) is 4.71. The van der Waals surface area contributed by atoms with Crippen molar-refractivity contribution < 1.29 is 9.59 Å². The van der Waals surface area contributed by atoms with Gasteiger partial charge in [0, 0.05) is 17.3 Å². The number of amides is 2. The Morgan fingerprint density at radius 2 is 2.06 bits per heavy atom. The average molecular weight is 242 g/mol. The smallest absolute Gasteiger partial charge is 0.251 e. The molecule has 92 valence electrons. The highest BCUT2D eigenvalue weighted by atomic mass is 16.2. The van der Waals surface area contributed by atoms with E-state index in [4.69, 9.17) is 0 Å². The first kappa shape index (κ1) is 11.0. The van der Waals surface area contributed by atoms with E-state index in [0.29, 0.717) is 12.0 Å². The number of hydrogen-bond acceptors (Lipinski definition) is 2. The standard InChI is InChI=1S/C14H14N2O2/c17-13-8-9-5-6-10(7-12(9)16-13)14(18)15-11-3-1-2-4-11/h1-2,5-7,11H,3-4,8H2,(H,15,18)(H,16,17). The third-order valence-electron chi connectivity index (χ3n) is 3.34. The van der Waals surface area contributed by atoms with E-state index in [1.807, 2.05) is 6.07 Å². The predicted octanol–water partition coefficient (Wildman–Crippen LogP) is 1.63. The SMILES string of the molecule is O=C1Cc2ccc(C(=O)NC3CC=CC3)cc2N1. The van der Waals surface area contributed by atoms with Crippen molar-refractivity contribution >= 4 is 17.5 Å². The third kappa shape index (κ3) is 2.01. The largest absolute Gasteiger partial charge is 0.349 e. The molecule has 1 heterocycles. The van der Waals surface area contributed by atoms with E-state index in [2.05, 4.69) is 22.8 Å². The first-order valence-electron chi connectivity index (χ1n) is 6.11. The van der Waals surface area contributed by atoms with Crippen LogP contribution in [-0.4, -0.2) is 17.9 Å². The van der Waals surface area contributed by atoms with Crippen LogP contribution in [-0.2, 0) is 11.2 Å². The van der Waals surface area contributed by atoms with Crippen molar-refractivity contribution in [3.05, 3.63) is 41.5 Å². The average Bonchev–Trinajstić information content (AvgIpc) is 2.95. The number of carbonyl (C=O) groups excluding carboxylic acids is 2. The molecule has 0 bridgehead atoms. The van der Waals surface area contributed by atoms with E-state index in [0.717, 1.165) is 24.1 Å². The van der Waals surface area contributed by atoms with Crippen LogP contribution >= 0.6 is 0 Å². The number of anilines is 1. The van der Waals surface area contributed by atoms with Crippen molar-refractivity contribution in [3.63, 3.8) is 0 Å². The van der Waals surface area contributed by atoms with Gasteiger partial charge in [0.2, 0.25) is 5.91 Å². The van der Waals surface area contributed by atoms with Crippen LogP contribution in [0.15, 0.2) is 30.4 Å². The summed E-state index contributed by atoms with van der Waals surface area (Å²) in [5.74, 6) is -0.0878. The molecular formula is C14H14N2O2. The summed E-state index contributed by atoms with van der Waals surface area (Å²) in [6.07, 6.45) is 6.35. The molecule has 18 heavy (non-hydrogen) atoms. The Morgan fingerprint density at radius 3 is 2.83 bits per heavy atom. The molecule has 1 aliphatic heterocycles. The number of rotatable bonds is 2. The number of benzene rings is 1. The van der Waals surface area contributed by atoms with Gasteiger partial charge in [0.05, 0.1) is 6.42 Å². The first-order valence-corrected chi connectivity index (χ1v) is 6.11. The lowest BCUT2D eigenvalue weighted by Crippen LogP contribution is -2.32. The monoisotopic (exact) mass is 242 g/mol. The van der Waals surface area contributed by atoms with Crippen molar-refractivity contribution in [2.75, 3.05) is 5.32 Å². The summed E-state index contributed by atoms with van der Waals surface area (Å²) in [6, 6.07) is 5.57. The maximum absolute atomic E-state index is 12.0. The summed E-state index contributed by atoms with van der Waals surface area (Å²) in [7, 11) is 0. The molecule has 2 aliphatic rings. The molecule has 3 rings (SSSR count). The van der Waals surface area contributed by atoms with Crippen LogP contribution in [0.2, 0.25) is 0 Å². The highest BCUT2D eigenvalue weighted by molar-refractivity contribution is 6.02. The summed E-state index contributed by atoms with van der Waals surface area (Å²) >= 11 is 0. The number of nitrogens with one attached hydrogen (secondary N) is 2. The van der Waals surface area contributed by atoms with E-state index in [1.165, 1.54) is 0 Å². The molecule has 0 radical (unpaired) electrons. The van der Waals surface area contributed by atoms with Gasteiger partial charge in [-0.3, -0.25) is 9.59 Å². The minimum absolute atomic E-state index is 0.0115. The minimum atomic E-state index is -0.0763. The molecule has 2 amide bonds. The maximum atomic E-state index is 12.0. The van der Waals surface area contributed by atoms with Gasteiger partial charge in [0.1, 0.15) is 0 Å². The fourth-order valence-corrected chi connectivity index (χ4v) is 2.36. The van der Waals surface area contributed by atoms with E-state index >= 15 is 0 Å². The summed E-state index contributed by atoms with van der Waals surface area (Å²) < 4.78 is 0. The van der Waals surface area contributed by atoms with Gasteiger partial charge >= 0.3 is 0 Å². The quantitative estimate of drug-likeness (QED) is 0.774. The van der Waals surface area contributed by atoms with Gasteiger partial charge in [0.25, 0.3) is 5.91 Å². The Morgan fingerprint density at radius 1 is 1.28 bits per heavy atom. The summed E-state index contributed by atoms with van der Waals surface area (Å²) in [5, 5.41) is 5.74. The van der Waals surface area contributed by atoms with Gasteiger partial charge in [-0.15, -0.1) is 0 Å². The van der Waals surface area contributed by atoms with Crippen LogP contribution in [0, 0.1) is 0 Å². The number of carbonyl (C=O) groups is 2. The fraction of sp³-hybridized carbons (Fsp3) is 0.286. The lowest BCUT2D eigenvalue weighted by atomic mass is 10.1. The van der Waals surface area contributed by atoms with E-state index < -0.39 is 0 Å². The molecule has 1 aromatic carbocycles. The van der Waals surface area contributed by atoms with Gasteiger partial charge < -0.3 is 10.6 Å². The molecule has 0 unspecified atom stereocenters. The van der Waals surface area contributed by atoms with Crippen LogP contribution in [0.1, 0.15) is 28.8 Å². The van der Waals surface area contributed by atoms with E-state index in [9.17, 15) is 9.59 Å². The number of hydrogen-bond donors (Lipinski definition) is 2. The molecular weight excluding hydrogens is 228 g/mol. The zero-order valence-electron chi connectivity index (χ0n) is 9.90. The summed E-state index contributed by atoms with van der Waals surface area (Å²) in [6.45, 7) is 0. The van der Waals surface area contributed by atoms with Crippen LogP contribution in [0.25, 0.3) is 0 Å². The molecule has 0 spiro atoms. The second-order valence-corrected chi connectivity index (χ2v) is 4.71. The fourth-order valence-electron chi connectivity index (χ4n) is 2.36.